The van der Waals surface area contributed by atoms with Gasteiger partial charge in [0.2, 0.25) is 5.96 Å². The highest BCUT2D eigenvalue weighted by Gasteiger charge is 2.34. The van der Waals surface area contributed by atoms with Gasteiger partial charge in [-0.3, -0.25) is 10.4 Å². The molecule has 0 amide bonds. The maximum absolute atomic E-state index is 5.35. The number of guanidine groups is 1. The van der Waals surface area contributed by atoms with Crippen molar-refractivity contribution in [3.63, 3.8) is 0 Å². The predicted molar refractivity (Wildman–Crippen MR) is 45.7 cm³/mol. The van der Waals surface area contributed by atoms with Crippen molar-refractivity contribution in [2.24, 2.45) is 28.4 Å². The standard InChI is InChI=1S/C7H16N4/c1-2-5-3-6(5)4-10-7(8)11-9/h5-6H,2-4,9H2,1H3,(H3,8,10,11)/t5-,6+/m1/s1. The summed E-state index contributed by atoms with van der Waals surface area (Å²) >= 11 is 0. The molecule has 4 nitrogen and oxygen atoms in total. The number of nitrogens with two attached hydrogens (primary N) is 2. The number of hydrogen-bond donors (Lipinski definition) is 3. The van der Waals surface area contributed by atoms with E-state index in [-0.39, 0.29) is 0 Å². The molecule has 1 fully saturated rings. The van der Waals surface area contributed by atoms with E-state index in [0.29, 0.717) is 5.96 Å². The maximum atomic E-state index is 5.35. The molecule has 5 N–H and O–H groups in total. The highest BCUT2D eigenvalue weighted by molar-refractivity contribution is 5.77. The summed E-state index contributed by atoms with van der Waals surface area (Å²) in [6.45, 7) is 3.04. The first-order valence-electron chi connectivity index (χ1n) is 4.04. The van der Waals surface area contributed by atoms with Gasteiger partial charge < -0.3 is 5.73 Å². The first-order valence-corrected chi connectivity index (χ1v) is 4.04. The first kappa shape index (κ1) is 8.33. The van der Waals surface area contributed by atoms with Crippen molar-refractivity contribution in [3.8, 4) is 0 Å². The van der Waals surface area contributed by atoms with Crippen LogP contribution in [0.25, 0.3) is 0 Å². The Bertz CT molecular complexity index is 155. The van der Waals surface area contributed by atoms with E-state index in [1.54, 1.807) is 0 Å². The average molecular weight is 156 g/mol. The minimum Gasteiger partial charge on any atom is -0.369 e. The minimum absolute atomic E-state index is 0.340. The van der Waals surface area contributed by atoms with E-state index >= 15 is 0 Å². The van der Waals surface area contributed by atoms with Crippen molar-refractivity contribution in [3.05, 3.63) is 0 Å². The molecule has 0 aliphatic heterocycles. The van der Waals surface area contributed by atoms with Crippen LogP contribution in [-0.2, 0) is 0 Å². The summed E-state index contributed by atoms with van der Waals surface area (Å²) in [5, 5.41) is 0. The first-order chi connectivity index (χ1) is 5.27. The third-order valence-corrected chi connectivity index (χ3v) is 2.24. The Morgan fingerprint density at radius 2 is 2.36 bits per heavy atom. The van der Waals surface area contributed by atoms with Gasteiger partial charge in [0.05, 0.1) is 0 Å². The fraction of sp³-hybridized carbons (Fsp3) is 0.857. The molecule has 1 rings (SSSR count). The molecule has 2 atom stereocenters. The Balaban J connectivity index is 2.14. The van der Waals surface area contributed by atoms with Crippen molar-refractivity contribution >= 4 is 5.96 Å². The topological polar surface area (TPSA) is 76.4 Å². The van der Waals surface area contributed by atoms with E-state index in [1.807, 2.05) is 0 Å². The van der Waals surface area contributed by atoms with E-state index in [1.165, 1.54) is 12.8 Å². The van der Waals surface area contributed by atoms with Crippen LogP contribution in [-0.4, -0.2) is 12.5 Å². The number of aliphatic imine (C=N–C) groups is 1. The lowest BCUT2D eigenvalue weighted by atomic mass is 10.2. The largest absolute Gasteiger partial charge is 0.369 e. The van der Waals surface area contributed by atoms with E-state index in [9.17, 15) is 0 Å². The van der Waals surface area contributed by atoms with Gasteiger partial charge in [0.15, 0.2) is 0 Å². The zero-order chi connectivity index (χ0) is 8.27. The van der Waals surface area contributed by atoms with Gasteiger partial charge in [-0.15, -0.1) is 0 Å². The van der Waals surface area contributed by atoms with Crippen LogP contribution >= 0.6 is 0 Å². The summed E-state index contributed by atoms with van der Waals surface area (Å²) < 4.78 is 0. The number of hydrogen-bond acceptors (Lipinski definition) is 2. The molecule has 11 heavy (non-hydrogen) atoms. The van der Waals surface area contributed by atoms with Crippen LogP contribution in [0.3, 0.4) is 0 Å². The Morgan fingerprint density at radius 3 is 2.82 bits per heavy atom. The monoisotopic (exact) mass is 156 g/mol. The summed E-state index contributed by atoms with van der Waals surface area (Å²) in [5.74, 6) is 7.02. The molecule has 0 aromatic carbocycles. The van der Waals surface area contributed by atoms with E-state index < -0.39 is 0 Å². The second kappa shape index (κ2) is 3.57. The molecule has 0 radical (unpaired) electrons. The molecule has 4 heteroatoms. The molecule has 0 spiro atoms. The molecule has 0 saturated heterocycles. The van der Waals surface area contributed by atoms with Gasteiger partial charge >= 0.3 is 0 Å². The van der Waals surface area contributed by atoms with Crippen molar-refractivity contribution in [1.82, 2.24) is 5.43 Å². The van der Waals surface area contributed by atoms with Crippen molar-refractivity contribution in [1.29, 1.82) is 0 Å². The fourth-order valence-electron chi connectivity index (χ4n) is 1.30. The van der Waals surface area contributed by atoms with E-state index in [0.717, 1.165) is 18.4 Å². The molecule has 64 valence electrons. The van der Waals surface area contributed by atoms with Crippen molar-refractivity contribution in [2.45, 2.75) is 19.8 Å². The summed E-state index contributed by atoms with van der Waals surface area (Å²) in [5.41, 5.74) is 7.66. The zero-order valence-corrected chi connectivity index (χ0v) is 6.88. The molecule has 0 bridgehead atoms. The summed E-state index contributed by atoms with van der Waals surface area (Å²) in [4.78, 5) is 4.06. The average Bonchev–Trinajstić information content (AvgIpc) is 2.78. The molecule has 0 unspecified atom stereocenters. The van der Waals surface area contributed by atoms with Crippen LogP contribution in [0.5, 0.6) is 0 Å². The Morgan fingerprint density at radius 1 is 1.64 bits per heavy atom. The second-order valence-electron chi connectivity index (χ2n) is 3.03. The van der Waals surface area contributed by atoms with Crippen LogP contribution in [0.2, 0.25) is 0 Å². The number of rotatable bonds is 3. The molecule has 1 aliphatic rings. The highest BCUT2D eigenvalue weighted by atomic mass is 15.3. The van der Waals surface area contributed by atoms with E-state index in [2.05, 4.69) is 17.3 Å². The third kappa shape index (κ3) is 2.38. The summed E-state index contributed by atoms with van der Waals surface area (Å²) in [7, 11) is 0. The van der Waals surface area contributed by atoms with Gasteiger partial charge in [0.25, 0.3) is 0 Å². The van der Waals surface area contributed by atoms with E-state index in [4.69, 9.17) is 11.6 Å². The van der Waals surface area contributed by atoms with Crippen LogP contribution in [0.1, 0.15) is 19.8 Å². The lowest BCUT2D eigenvalue weighted by Gasteiger charge is -1.96. The number of nitrogens with zero attached hydrogens (tertiary/aromatic N) is 1. The lowest BCUT2D eigenvalue weighted by Crippen LogP contribution is -2.37. The zero-order valence-electron chi connectivity index (χ0n) is 6.88. The van der Waals surface area contributed by atoms with Crippen molar-refractivity contribution < 1.29 is 0 Å². The number of nitrogens with one attached hydrogen (secondary N) is 1. The molecule has 0 aromatic rings. The Hall–Kier alpha value is -0.770. The normalized spacial score (nSPS) is 30.2. The lowest BCUT2D eigenvalue weighted by molar-refractivity contribution is 0.686. The van der Waals surface area contributed by atoms with Gasteiger partial charge in [-0.1, -0.05) is 13.3 Å². The number of hydrazine groups is 1. The molecular formula is C7H16N4. The highest BCUT2D eigenvalue weighted by Crippen LogP contribution is 2.40. The van der Waals surface area contributed by atoms with Gasteiger partial charge in [-0.05, 0) is 18.3 Å². The molecule has 1 saturated carbocycles. The van der Waals surface area contributed by atoms with Crippen LogP contribution < -0.4 is 17.0 Å². The molecule has 0 aromatic heterocycles. The van der Waals surface area contributed by atoms with Crippen molar-refractivity contribution in [2.75, 3.05) is 6.54 Å². The predicted octanol–water partition coefficient (Wildman–Crippen LogP) is -0.189. The van der Waals surface area contributed by atoms with Gasteiger partial charge in [-0.2, -0.15) is 0 Å². The smallest absolute Gasteiger partial charge is 0.203 e. The third-order valence-electron chi connectivity index (χ3n) is 2.24. The van der Waals surface area contributed by atoms with Gasteiger partial charge in [-0.25, -0.2) is 5.84 Å². The quantitative estimate of drug-likeness (QED) is 0.229. The fourth-order valence-corrected chi connectivity index (χ4v) is 1.30. The van der Waals surface area contributed by atoms with Crippen LogP contribution in [0.15, 0.2) is 4.99 Å². The second-order valence-corrected chi connectivity index (χ2v) is 3.03. The SMILES string of the molecule is CC[C@@H]1C[C@H]1CN=C(N)NN. The van der Waals surface area contributed by atoms with Crippen LogP contribution in [0, 0.1) is 11.8 Å². The molecular weight excluding hydrogens is 140 g/mol. The Kier molecular flexibility index (Phi) is 2.70. The Labute approximate surface area is 67.0 Å². The summed E-state index contributed by atoms with van der Waals surface area (Å²) in [6.07, 6.45) is 2.56. The maximum Gasteiger partial charge on any atom is 0.203 e. The van der Waals surface area contributed by atoms with Gasteiger partial charge in [0, 0.05) is 6.54 Å². The molecule has 0 heterocycles. The minimum atomic E-state index is 0.340. The summed E-state index contributed by atoms with van der Waals surface area (Å²) in [6, 6.07) is 0. The van der Waals surface area contributed by atoms with Gasteiger partial charge in [0.1, 0.15) is 0 Å². The van der Waals surface area contributed by atoms with Crippen LogP contribution in [0.4, 0.5) is 0 Å². The molecule has 1 aliphatic carbocycles.